The minimum atomic E-state index is -3.39. The quantitative estimate of drug-likeness (QED) is 0.0233. The van der Waals surface area contributed by atoms with Gasteiger partial charge in [0.15, 0.2) is 5.82 Å². The Morgan fingerprint density at radius 3 is 1.54 bits per heavy atom. The highest BCUT2D eigenvalue weighted by Crippen LogP contribution is 2.29. The van der Waals surface area contributed by atoms with Crippen LogP contribution in [0.3, 0.4) is 0 Å². The van der Waals surface area contributed by atoms with Crippen molar-refractivity contribution < 1.29 is 31.1 Å². The van der Waals surface area contributed by atoms with Gasteiger partial charge in [-0.1, -0.05) is 135 Å². The Bertz CT molecular complexity index is 5550. The minimum Gasteiger partial charge on any atom is -0.508 e. The molecule has 4 aromatic heterocycles. The lowest BCUT2D eigenvalue weighted by Crippen LogP contribution is -2.54. The third-order valence-corrected chi connectivity index (χ3v) is 25.0. The Morgan fingerprint density at radius 1 is 0.500 bits per heavy atom. The van der Waals surface area contributed by atoms with Crippen LogP contribution >= 0.6 is 11.6 Å². The van der Waals surface area contributed by atoms with Crippen LogP contribution in [0.5, 0.6) is 5.75 Å². The SMILES string of the molecule is CC(C)C[C@H]1CN(Cc2cccc(-c3ccnc(CCCc4ccc(O)cc4)n3)c2)CCN1.CS(=O)(=O)N(CCCN)Cc1cccc(-c2nc(CCCc3cccc(Cl)c3)ncc2F)c1.C[C@@H]1CNC[C@H](C)N1Cc1cccc(-c2ccnc(CCCc3cc(F)cc(F)c3)n2)c1.Fc1cccc(CCCc2nccc(-c3cccc(CCC4CCNCC4)c3)n2)c1. The van der Waals surface area contributed by atoms with E-state index in [0.717, 1.165) is 209 Å². The summed E-state index contributed by atoms with van der Waals surface area (Å²) in [6, 6.07) is 66.3. The summed E-state index contributed by atoms with van der Waals surface area (Å²) in [6.07, 6.45) is 24.1. The molecule has 3 atom stereocenters. The van der Waals surface area contributed by atoms with Crippen molar-refractivity contribution in [1.29, 1.82) is 0 Å². The summed E-state index contributed by atoms with van der Waals surface area (Å²) in [6.45, 7) is 19.6. The van der Waals surface area contributed by atoms with Crippen molar-refractivity contribution >= 4 is 21.6 Å². The first kappa shape index (κ1) is 96.6. The smallest absolute Gasteiger partial charge is 0.211 e. The highest BCUT2D eigenvalue weighted by molar-refractivity contribution is 7.88. The number of phenols is 1. The van der Waals surface area contributed by atoms with Crippen LogP contribution in [-0.4, -0.2) is 151 Å². The number of aryl methyl sites for hydroxylation is 9. The number of aromatic nitrogens is 8. The lowest BCUT2D eigenvalue weighted by atomic mass is 9.91. The monoisotopic (exact) mass is 1770 g/mol. The van der Waals surface area contributed by atoms with E-state index in [4.69, 9.17) is 32.3 Å². The zero-order valence-electron chi connectivity index (χ0n) is 74.6. The molecule has 0 radical (unpaired) electrons. The fourth-order valence-corrected chi connectivity index (χ4v) is 17.9. The minimum absolute atomic E-state index is 0.175. The number of phenolic OH excluding ortho intramolecular Hbond substituents is 1. The third-order valence-electron chi connectivity index (χ3n) is 23.5. The van der Waals surface area contributed by atoms with Crippen molar-refractivity contribution in [3.05, 3.63) is 327 Å². The van der Waals surface area contributed by atoms with E-state index < -0.39 is 27.5 Å². The van der Waals surface area contributed by atoms with Crippen LogP contribution in [0, 0.1) is 35.1 Å². The molecule has 12 aromatic rings. The maximum absolute atomic E-state index is 14.6. The summed E-state index contributed by atoms with van der Waals surface area (Å²) in [5.41, 5.74) is 21.4. The zero-order chi connectivity index (χ0) is 90.0. The van der Waals surface area contributed by atoms with E-state index in [2.05, 4.69) is 151 Å². The standard InChI is InChI=1S/C28H36N4O.C26H30F2N4.C26H30FN3.C24H28ClFN4O2S/c1-21(2)17-25-20-32(16-15-29-25)19-23-6-3-7-24(18-23)27-13-14-30-28(31-27)8-4-5-22-9-11-26(33)12-10-22;1-18-15-29-16-19(2)32(18)17-21-6-3-7-22(11-21)25-9-10-30-26(31-25)8-4-5-20-12-23(27)14-24(28)13-20;27-24-8-2-5-21(19-24)6-3-9-26-29-17-14-25(30-26)23-7-1-4-22(18-23)11-10-20-12-15-28-16-13-20;1-33(31,32)30(13-5-12-27)17-19-8-2-9-20(14-19)24-22(26)16-28-23(29-24)11-4-7-18-6-3-10-21(25)15-18/h3,6-7,9-14,18,21,25,29,33H,4-5,8,15-17,19-20H2,1-2H3;3,6-7,9-14,18-19,29H,4-5,8,15-17H2,1-2H3;1-2,4-5,7-8,14,17-20,28H,3,6,9-13,15-16H2;2-3,6,8-10,14-16H,4-5,7,11-13,17,27H2,1H3/t25-;18-,19+;;/m0.../s1. The first-order valence-corrected chi connectivity index (χ1v) is 47.6. The van der Waals surface area contributed by atoms with E-state index in [9.17, 15) is 31.1 Å². The lowest BCUT2D eigenvalue weighted by molar-refractivity contribution is 0.109. The second-order valence-corrected chi connectivity index (χ2v) is 36.9. The molecule has 3 saturated heterocycles. The number of piperidine rings is 1. The van der Waals surface area contributed by atoms with Gasteiger partial charge in [0, 0.05) is 155 Å². The molecule has 0 spiro atoms. The third kappa shape index (κ3) is 32.0. The van der Waals surface area contributed by atoms with Gasteiger partial charge in [-0.2, -0.15) is 4.31 Å². The number of sulfonamides is 1. The number of benzene rings is 8. The molecule has 3 aliphatic rings. The molecule has 0 bridgehead atoms. The van der Waals surface area contributed by atoms with Gasteiger partial charge in [-0.3, -0.25) is 9.80 Å². The number of rotatable bonds is 35. The average Bonchev–Trinajstić information content (AvgIpc) is 0.856. The van der Waals surface area contributed by atoms with Crippen LogP contribution in [0.2, 0.25) is 5.02 Å². The van der Waals surface area contributed by atoms with Crippen LogP contribution in [0.4, 0.5) is 17.6 Å². The Kier molecular flexibility index (Phi) is 37.7. The highest BCUT2D eigenvalue weighted by Gasteiger charge is 2.26. The molecule has 8 aromatic carbocycles. The van der Waals surface area contributed by atoms with Crippen LogP contribution < -0.4 is 21.7 Å². The van der Waals surface area contributed by atoms with Gasteiger partial charge < -0.3 is 26.8 Å². The molecule has 0 unspecified atom stereocenters. The van der Waals surface area contributed by atoms with Crippen molar-refractivity contribution in [1.82, 2.24) is 69.9 Å². The summed E-state index contributed by atoms with van der Waals surface area (Å²) >= 11 is 6.03. The van der Waals surface area contributed by atoms with Gasteiger partial charge in [0.25, 0.3) is 0 Å². The molecule has 128 heavy (non-hydrogen) atoms. The van der Waals surface area contributed by atoms with E-state index in [1.807, 2.05) is 79.1 Å². The van der Waals surface area contributed by atoms with Crippen molar-refractivity contribution in [2.45, 2.75) is 181 Å². The molecule has 15 rings (SSSR count). The van der Waals surface area contributed by atoms with E-state index in [0.29, 0.717) is 84.6 Å². The molecular weight excluding hydrogens is 1650 g/mol. The number of nitrogens with zero attached hydrogens (tertiary/aromatic N) is 11. The van der Waals surface area contributed by atoms with Crippen molar-refractivity contribution in [2.75, 3.05) is 65.2 Å². The first-order chi connectivity index (χ1) is 62.0. The maximum Gasteiger partial charge on any atom is 0.211 e. The number of nitrogens with two attached hydrogens (primary N) is 1. The summed E-state index contributed by atoms with van der Waals surface area (Å²) in [4.78, 5) is 41.4. The molecule has 0 amide bonds. The van der Waals surface area contributed by atoms with Crippen molar-refractivity contribution in [2.24, 2.45) is 17.6 Å². The van der Waals surface area contributed by atoms with E-state index >= 15 is 0 Å². The van der Waals surface area contributed by atoms with Crippen LogP contribution in [0.15, 0.2) is 231 Å². The topological polar surface area (TPSA) is 229 Å². The number of hydrogen-bond donors (Lipinski definition) is 5. The first-order valence-electron chi connectivity index (χ1n) is 45.4. The van der Waals surface area contributed by atoms with Gasteiger partial charge in [-0.05, 0) is 271 Å². The van der Waals surface area contributed by atoms with Crippen molar-refractivity contribution in [3.8, 4) is 50.8 Å². The molecule has 3 fully saturated rings. The van der Waals surface area contributed by atoms with Crippen LogP contribution in [0.1, 0.15) is 153 Å². The van der Waals surface area contributed by atoms with Crippen LogP contribution in [-0.2, 0) is 87.4 Å². The maximum atomic E-state index is 14.6. The number of halogens is 5. The fraction of sp³-hybridized carbons (Fsp3) is 0.385. The van der Waals surface area contributed by atoms with E-state index in [1.165, 1.54) is 82.9 Å². The molecule has 0 aliphatic carbocycles. The van der Waals surface area contributed by atoms with E-state index in [-0.39, 0.29) is 18.1 Å². The van der Waals surface area contributed by atoms with Gasteiger partial charge in [-0.25, -0.2) is 65.9 Å². The van der Waals surface area contributed by atoms with Crippen molar-refractivity contribution in [3.63, 3.8) is 0 Å². The number of aromatic hydroxyl groups is 1. The number of hydrogen-bond acceptors (Lipinski definition) is 17. The average molecular weight is 1780 g/mol. The largest absolute Gasteiger partial charge is 0.508 e. The van der Waals surface area contributed by atoms with E-state index in [1.54, 1.807) is 48.7 Å². The Morgan fingerprint density at radius 2 is 0.984 bits per heavy atom. The molecule has 18 nitrogen and oxygen atoms in total. The van der Waals surface area contributed by atoms with Gasteiger partial charge in [-0.15, -0.1) is 0 Å². The Hall–Kier alpha value is -10.4. The molecule has 0 saturated carbocycles. The second-order valence-electron chi connectivity index (χ2n) is 34.5. The summed E-state index contributed by atoms with van der Waals surface area (Å²) < 4.78 is 80.2. The summed E-state index contributed by atoms with van der Waals surface area (Å²) in [5, 5.41) is 20.7. The summed E-state index contributed by atoms with van der Waals surface area (Å²) in [5.74, 6) is 3.14. The normalized spacial score (nSPS) is 15.6. The second kappa shape index (κ2) is 49.9. The molecule has 674 valence electrons. The molecule has 3 aliphatic heterocycles. The predicted molar refractivity (Wildman–Crippen MR) is 507 cm³/mol. The fourth-order valence-electron chi connectivity index (χ4n) is 16.8. The molecule has 6 N–H and O–H groups in total. The number of nitrogens with one attached hydrogen (secondary N) is 3. The summed E-state index contributed by atoms with van der Waals surface area (Å²) in [7, 11) is -3.39. The van der Waals surface area contributed by atoms with Gasteiger partial charge in [0.2, 0.25) is 10.0 Å². The predicted octanol–water partition coefficient (Wildman–Crippen LogP) is 19.2. The number of piperazine rings is 2. The molecular formula is C104H124ClF4N15O3S. The molecule has 7 heterocycles. The molecule has 24 heteroatoms. The van der Waals surface area contributed by atoms with Crippen LogP contribution in [0.25, 0.3) is 45.0 Å². The van der Waals surface area contributed by atoms with Gasteiger partial charge in [0.1, 0.15) is 52.2 Å². The highest BCUT2D eigenvalue weighted by atomic mass is 35.5. The Balaban J connectivity index is 0.000000155. The van der Waals surface area contributed by atoms with Gasteiger partial charge in [0.05, 0.1) is 29.5 Å². The zero-order valence-corrected chi connectivity index (χ0v) is 76.2. The van der Waals surface area contributed by atoms with Gasteiger partial charge >= 0.3 is 0 Å². The lowest BCUT2D eigenvalue weighted by Gasteiger charge is -2.39. The Labute approximate surface area is 759 Å².